The van der Waals surface area contributed by atoms with Gasteiger partial charge in [-0.2, -0.15) is 0 Å². The summed E-state index contributed by atoms with van der Waals surface area (Å²) in [6.45, 7) is 3.32. The third-order valence-electron chi connectivity index (χ3n) is 4.26. The summed E-state index contributed by atoms with van der Waals surface area (Å²) in [5, 5.41) is 5.33. The minimum Gasteiger partial charge on any atom is -0.465 e. The number of amides is 2. The molecule has 0 radical (unpaired) electrons. The van der Waals surface area contributed by atoms with E-state index in [2.05, 4.69) is 15.4 Å². The van der Waals surface area contributed by atoms with Crippen LogP contribution in [0.3, 0.4) is 0 Å². The minimum atomic E-state index is -0.650. The molecule has 0 aliphatic carbocycles. The summed E-state index contributed by atoms with van der Waals surface area (Å²) in [5.74, 6) is -1.96. The first kappa shape index (κ1) is 22.6. The number of carbonyl (C=O) groups is 4. The van der Waals surface area contributed by atoms with Gasteiger partial charge in [0.25, 0.3) is 5.91 Å². The van der Waals surface area contributed by atoms with E-state index in [1.807, 2.05) is 32.0 Å². The third-order valence-corrected chi connectivity index (χ3v) is 4.26. The van der Waals surface area contributed by atoms with E-state index in [0.717, 1.165) is 11.1 Å². The van der Waals surface area contributed by atoms with Crippen molar-refractivity contribution in [2.24, 2.45) is 0 Å². The van der Waals surface area contributed by atoms with Gasteiger partial charge in [0.05, 0.1) is 19.1 Å². The molecular weight excluding hydrogens is 388 g/mol. The van der Waals surface area contributed by atoms with Crippen molar-refractivity contribution in [1.29, 1.82) is 0 Å². The predicted molar refractivity (Wildman–Crippen MR) is 111 cm³/mol. The van der Waals surface area contributed by atoms with Crippen LogP contribution in [0.15, 0.2) is 42.5 Å². The largest absolute Gasteiger partial charge is 0.465 e. The lowest BCUT2D eigenvalue weighted by Gasteiger charge is -2.11. The molecule has 2 aromatic rings. The zero-order valence-electron chi connectivity index (χ0n) is 17.1. The first-order valence-corrected chi connectivity index (χ1v) is 9.30. The van der Waals surface area contributed by atoms with Crippen molar-refractivity contribution in [2.45, 2.75) is 26.7 Å². The Hall–Kier alpha value is -3.68. The van der Waals surface area contributed by atoms with E-state index >= 15 is 0 Å². The molecule has 2 amide bonds. The number of esters is 2. The number of rotatable bonds is 8. The Morgan fingerprint density at radius 2 is 1.47 bits per heavy atom. The number of hydrogen-bond donors (Lipinski definition) is 2. The summed E-state index contributed by atoms with van der Waals surface area (Å²) >= 11 is 0. The topological polar surface area (TPSA) is 111 Å². The molecule has 0 aliphatic heterocycles. The lowest BCUT2D eigenvalue weighted by Crippen LogP contribution is -2.22. The molecule has 0 fully saturated rings. The highest BCUT2D eigenvalue weighted by Crippen LogP contribution is 2.19. The van der Waals surface area contributed by atoms with Gasteiger partial charge in [0.2, 0.25) is 5.91 Å². The van der Waals surface area contributed by atoms with E-state index in [4.69, 9.17) is 4.74 Å². The fraction of sp³-hybridized carbons (Fsp3) is 0.273. The van der Waals surface area contributed by atoms with E-state index in [1.165, 1.54) is 19.2 Å². The minimum absolute atomic E-state index is 0.101. The molecule has 8 heteroatoms. The Labute approximate surface area is 174 Å². The van der Waals surface area contributed by atoms with Crippen LogP contribution in [-0.2, 0) is 23.9 Å². The summed E-state index contributed by atoms with van der Waals surface area (Å²) in [4.78, 5) is 47.1. The SMILES string of the molecule is COC(=O)c1ccc(NC(=O)CCC(=O)OCC(=O)Nc2c(C)cccc2C)cc1. The second-order valence-electron chi connectivity index (χ2n) is 6.59. The molecule has 0 saturated heterocycles. The molecular formula is C22H24N2O6. The number of aryl methyl sites for hydroxylation is 2. The van der Waals surface area contributed by atoms with Gasteiger partial charge >= 0.3 is 11.9 Å². The van der Waals surface area contributed by atoms with Gasteiger partial charge in [-0.3, -0.25) is 14.4 Å². The van der Waals surface area contributed by atoms with Crippen molar-refractivity contribution in [3.8, 4) is 0 Å². The van der Waals surface area contributed by atoms with Crippen LogP contribution >= 0.6 is 0 Å². The number of anilines is 2. The highest BCUT2D eigenvalue weighted by molar-refractivity contribution is 5.95. The van der Waals surface area contributed by atoms with Crippen molar-refractivity contribution in [3.63, 3.8) is 0 Å². The second kappa shape index (κ2) is 10.8. The van der Waals surface area contributed by atoms with Crippen LogP contribution in [0.25, 0.3) is 0 Å². The molecule has 0 spiro atoms. The Morgan fingerprint density at radius 1 is 0.833 bits per heavy atom. The molecule has 2 rings (SSSR count). The van der Waals surface area contributed by atoms with Crippen LogP contribution in [0, 0.1) is 13.8 Å². The van der Waals surface area contributed by atoms with Crippen LogP contribution in [-0.4, -0.2) is 37.5 Å². The Kier molecular flexibility index (Phi) is 8.10. The van der Waals surface area contributed by atoms with Gasteiger partial charge in [0.1, 0.15) is 0 Å². The van der Waals surface area contributed by atoms with Crippen molar-refractivity contribution in [1.82, 2.24) is 0 Å². The lowest BCUT2D eigenvalue weighted by molar-refractivity contribution is -0.147. The fourth-order valence-electron chi connectivity index (χ4n) is 2.65. The molecule has 2 aromatic carbocycles. The van der Waals surface area contributed by atoms with Gasteiger partial charge in [-0.05, 0) is 49.2 Å². The first-order valence-electron chi connectivity index (χ1n) is 9.30. The van der Waals surface area contributed by atoms with Crippen LogP contribution in [0.2, 0.25) is 0 Å². The summed E-state index contributed by atoms with van der Waals surface area (Å²) in [6.07, 6.45) is -0.265. The van der Waals surface area contributed by atoms with Gasteiger partial charge in [-0.1, -0.05) is 18.2 Å². The Morgan fingerprint density at radius 3 is 2.07 bits per heavy atom. The number of carbonyl (C=O) groups excluding carboxylic acids is 4. The van der Waals surface area contributed by atoms with Gasteiger partial charge in [-0.15, -0.1) is 0 Å². The summed E-state index contributed by atoms with van der Waals surface area (Å²) in [5.41, 5.74) is 3.35. The maximum atomic E-state index is 12.0. The smallest absolute Gasteiger partial charge is 0.337 e. The van der Waals surface area contributed by atoms with Gasteiger partial charge in [0, 0.05) is 17.8 Å². The molecule has 30 heavy (non-hydrogen) atoms. The number of para-hydroxylation sites is 1. The molecule has 8 nitrogen and oxygen atoms in total. The maximum Gasteiger partial charge on any atom is 0.337 e. The van der Waals surface area contributed by atoms with Crippen LogP contribution < -0.4 is 10.6 Å². The van der Waals surface area contributed by atoms with Gasteiger partial charge in [0.15, 0.2) is 6.61 Å². The Balaban J connectivity index is 1.73. The maximum absolute atomic E-state index is 12.0. The molecule has 0 saturated carbocycles. The number of benzene rings is 2. The molecule has 0 bridgehead atoms. The van der Waals surface area contributed by atoms with Gasteiger partial charge < -0.3 is 20.1 Å². The van der Waals surface area contributed by atoms with E-state index in [1.54, 1.807) is 12.1 Å². The van der Waals surface area contributed by atoms with Crippen molar-refractivity contribution in [2.75, 3.05) is 24.4 Å². The van der Waals surface area contributed by atoms with Crippen LogP contribution in [0.4, 0.5) is 11.4 Å². The van der Waals surface area contributed by atoms with Crippen molar-refractivity contribution >= 4 is 35.1 Å². The monoisotopic (exact) mass is 412 g/mol. The summed E-state index contributed by atoms with van der Waals surface area (Å²) in [6, 6.07) is 11.8. The normalized spacial score (nSPS) is 10.1. The van der Waals surface area contributed by atoms with E-state index in [-0.39, 0.29) is 12.8 Å². The molecule has 0 aliphatic rings. The summed E-state index contributed by atoms with van der Waals surface area (Å²) < 4.78 is 9.53. The quantitative estimate of drug-likeness (QED) is 0.645. The number of hydrogen-bond acceptors (Lipinski definition) is 6. The van der Waals surface area contributed by atoms with Crippen LogP contribution in [0.1, 0.15) is 34.3 Å². The fourth-order valence-corrected chi connectivity index (χ4v) is 2.65. The molecule has 0 aromatic heterocycles. The van der Waals surface area contributed by atoms with E-state index in [9.17, 15) is 19.2 Å². The predicted octanol–water partition coefficient (Wildman–Crippen LogP) is 2.99. The average molecular weight is 412 g/mol. The number of ether oxygens (including phenoxy) is 2. The van der Waals surface area contributed by atoms with Crippen molar-refractivity contribution < 1.29 is 28.7 Å². The molecule has 2 N–H and O–H groups in total. The molecule has 0 heterocycles. The standard InChI is InChI=1S/C22H24N2O6/c1-14-5-4-6-15(2)21(14)24-19(26)13-30-20(27)12-11-18(25)23-17-9-7-16(8-10-17)22(28)29-3/h4-10H,11-13H2,1-3H3,(H,23,25)(H,24,26). The second-order valence-corrected chi connectivity index (χ2v) is 6.59. The van der Waals surface area contributed by atoms with Crippen molar-refractivity contribution in [3.05, 3.63) is 59.2 Å². The molecule has 0 unspecified atom stereocenters. The summed E-state index contributed by atoms with van der Waals surface area (Å²) in [7, 11) is 1.28. The first-order chi connectivity index (χ1) is 14.3. The highest BCUT2D eigenvalue weighted by atomic mass is 16.5. The zero-order chi connectivity index (χ0) is 22.1. The van der Waals surface area contributed by atoms with E-state index in [0.29, 0.717) is 16.9 Å². The average Bonchev–Trinajstić information content (AvgIpc) is 2.73. The Bertz CT molecular complexity index is 917. The number of methoxy groups -OCH3 is 1. The molecule has 0 atom stereocenters. The zero-order valence-corrected chi connectivity index (χ0v) is 17.1. The van der Waals surface area contributed by atoms with Crippen LogP contribution in [0.5, 0.6) is 0 Å². The lowest BCUT2D eigenvalue weighted by atomic mass is 10.1. The molecule has 158 valence electrons. The third kappa shape index (κ3) is 6.73. The highest BCUT2D eigenvalue weighted by Gasteiger charge is 2.13. The van der Waals surface area contributed by atoms with E-state index < -0.39 is 30.4 Å². The number of nitrogens with one attached hydrogen (secondary N) is 2. The van der Waals surface area contributed by atoms with Gasteiger partial charge in [-0.25, -0.2) is 4.79 Å².